The van der Waals surface area contributed by atoms with Crippen LogP contribution >= 0.6 is 0 Å². The molecule has 4 nitrogen and oxygen atoms in total. The summed E-state index contributed by atoms with van der Waals surface area (Å²) >= 11 is 0. The van der Waals surface area contributed by atoms with Crippen LogP contribution in [0.5, 0.6) is 0 Å². The molecule has 1 aromatic rings. The van der Waals surface area contributed by atoms with Crippen molar-refractivity contribution in [1.29, 1.82) is 0 Å². The lowest BCUT2D eigenvalue weighted by atomic mass is 9.96. The Morgan fingerprint density at radius 2 is 2.40 bits per heavy atom. The van der Waals surface area contributed by atoms with Crippen molar-refractivity contribution in [1.82, 2.24) is 9.78 Å². The first-order valence-corrected chi connectivity index (χ1v) is 5.33. The molecule has 1 rings (SSSR count). The SMILES string of the molecule is CC(CCCN)C(=O)Cc1cnn(C)c1. The van der Waals surface area contributed by atoms with Crippen molar-refractivity contribution in [2.45, 2.75) is 26.2 Å². The zero-order valence-corrected chi connectivity index (χ0v) is 9.44. The summed E-state index contributed by atoms with van der Waals surface area (Å²) in [4.78, 5) is 11.7. The van der Waals surface area contributed by atoms with Gasteiger partial charge in [-0.3, -0.25) is 9.48 Å². The van der Waals surface area contributed by atoms with E-state index < -0.39 is 0 Å². The zero-order chi connectivity index (χ0) is 11.3. The Morgan fingerprint density at radius 3 is 2.93 bits per heavy atom. The highest BCUT2D eigenvalue weighted by molar-refractivity contribution is 5.82. The van der Waals surface area contributed by atoms with Gasteiger partial charge in [0.15, 0.2) is 0 Å². The second-order valence-electron chi connectivity index (χ2n) is 4.00. The minimum absolute atomic E-state index is 0.105. The van der Waals surface area contributed by atoms with Crippen LogP contribution in [0.25, 0.3) is 0 Å². The van der Waals surface area contributed by atoms with Gasteiger partial charge in [-0.2, -0.15) is 5.10 Å². The Hall–Kier alpha value is -1.16. The Morgan fingerprint density at radius 1 is 1.67 bits per heavy atom. The average molecular weight is 209 g/mol. The summed E-state index contributed by atoms with van der Waals surface area (Å²) in [6, 6.07) is 0. The number of carbonyl (C=O) groups is 1. The van der Waals surface area contributed by atoms with Crippen LogP contribution in [-0.2, 0) is 18.3 Å². The maximum Gasteiger partial charge on any atom is 0.140 e. The molecule has 0 aliphatic heterocycles. The van der Waals surface area contributed by atoms with Crippen molar-refractivity contribution in [3.63, 3.8) is 0 Å². The number of Topliss-reactive ketones (excluding diaryl/α,β-unsaturated/α-hetero) is 1. The number of aromatic nitrogens is 2. The van der Waals surface area contributed by atoms with Crippen molar-refractivity contribution >= 4 is 5.78 Å². The smallest absolute Gasteiger partial charge is 0.140 e. The van der Waals surface area contributed by atoms with Gasteiger partial charge in [-0.15, -0.1) is 0 Å². The van der Waals surface area contributed by atoms with Crippen LogP contribution in [0.3, 0.4) is 0 Å². The van der Waals surface area contributed by atoms with Crippen LogP contribution in [0, 0.1) is 5.92 Å². The highest BCUT2D eigenvalue weighted by Gasteiger charge is 2.13. The summed E-state index contributed by atoms with van der Waals surface area (Å²) in [6.45, 7) is 2.62. The Kier molecular flexibility index (Phi) is 4.49. The molecule has 0 aliphatic carbocycles. The van der Waals surface area contributed by atoms with Crippen molar-refractivity contribution in [2.24, 2.45) is 18.7 Å². The number of rotatable bonds is 6. The lowest BCUT2D eigenvalue weighted by Gasteiger charge is -2.08. The van der Waals surface area contributed by atoms with Crippen LogP contribution in [0.1, 0.15) is 25.3 Å². The lowest BCUT2D eigenvalue weighted by Crippen LogP contribution is -2.15. The Bertz CT molecular complexity index is 319. The molecule has 0 amide bonds. The fourth-order valence-corrected chi connectivity index (χ4v) is 1.52. The van der Waals surface area contributed by atoms with Gasteiger partial charge >= 0.3 is 0 Å². The van der Waals surface area contributed by atoms with Gasteiger partial charge < -0.3 is 5.73 Å². The lowest BCUT2D eigenvalue weighted by molar-refractivity contribution is -0.121. The van der Waals surface area contributed by atoms with Gasteiger partial charge in [0.05, 0.1) is 6.20 Å². The molecule has 0 saturated heterocycles. The Labute approximate surface area is 90.5 Å². The Balaban J connectivity index is 2.41. The zero-order valence-electron chi connectivity index (χ0n) is 9.44. The molecule has 0 bridgehead atoms. The van der Waals surface area contributed by atoms with E-state index in [1.807, 2.05) is 20.2 Å². The fourth-order valence-electron chi connectivity index (χ4n) is 1.52. The molecular formula is C11H19N3O. The predicted octanol–water partition coefficient (Wildman–Crippen LogP) is 0.907. The van der Waals surface area contributed by atoms with E-state index >= 15 is 0 Å². The van der Waals surface area contributed by atoms with Crippen LogP contribution < -0.4 is 5.73 Å². The minimum atomic E-state index is 0.105. The molecule has 84 valence electrons. The van der Waals surface area contributed by atoms with Crippen LogP contribution in [-0.4, -0.2) is 22.1 Å². The van der Waals surface area contributed by atoms with Gasteiger partial charge in [0.2, 0.25) is 0 Å². The maximum atomic E-state index is 11.7. The number of hydrogen-bond acceptors (Lipinski definition) is 3. The molecule has 1 unspecified atom stereocenters. The fraction of sp³-hybridized carbons (Fsp3) is 0.636. The highest BCUT2D eigenvalue weighted by Crippen LogP contribution is 2.10. The first-order valence-electron chi connectivity index (χ1n) is 5.33. The molecule has 0 saturated carbocycles. The van der Waals surface area contributed by atoms with Crippen molar-refractivity contribution in [3.8, 4) is 0 Å². The predicted molar refractivity (Wildman–Crippen MR) is 59.4 cm³/mol. The molecule has 0 aromatic carbocycles. The molecule has 1 heterocycles. The summed E-state index contributed by atoms with van der Waals surface area (Å²) < 4.78 is 1.72. The second kappa shape index (κ2) is 5.66. The highest BCUT2D eigenvalue weighted by atomic mass is 16.1. The van der Waals surface area contributed by atoms with E-state index in [0.29, 0.717) is 13.0 Å². The number of ketones is 1. The van der Waals surface area contributed by atoms with Crippen LogP contribution in [0.4, 0.5) is 0 Å². The van der Waals surface area contributed by atoms with Gasteiger partial charge in [0.25, 0.3) is 0 Å². The summed E-state index contributed by atoms with van der Waals surface area (Å²) in [5, 5.41) is 4.04. The summed E-state index contributed by atoms with van der Waals surface area (Å²) in [6.07, 6.45) is 5.91. The minimum Gasteiger partial charge on any atom is -0.330 e. The molecule has 15 heavy (non-hydrogen) atoms. The summed E-state index contributed by atoms with van der Waals surface area (Å²) in [5.41, 5.74) is 6.40. The molecule has 0 radical (unpaired) electrons. The molecule has 0 fully saturated rings. The maximum absolute atomic E-state index is 11.7. The quantitative estimate of drug-likeness (QED) is 0.757. The monoisotopic (exact) mass is 209 g/mol. The molecular weight excluding hydrogens is 190 g/mol. The standard InChI is InChI=1S/C11H19N3O/c1-9(4-3-5-12)11(15)6-10-7-13-14(2)8-10/h7-9H,3-6,12H2,1-2H3. The van der Waals surface area contributed by atoms with E-state index in [4.69, 9.17) is 5.73 Å². The van der Waals surface area contributed by atoms with E-state index in [-0.39, 0.29) is 11.7 Å². The number of nitrogens with zero attached hydrogens (tertiary/aromatic N) is 2. The van der Waals surface area contributed by atoms with Gasteiger partial charge in [0.1, 0.15) is 5.78 Å². The first-order chi connectivity index (χ1) is 7.13. The summed E-state index contributed by atoms with van der Waals surface area (Å²) in [7, 11) is 1.85. The third kappa shape index (κ3) is 3.83. The van der Waals surface area contributed by atoms with Gasteiger partial charge in [-0.05, 0) is 24.9 Å². The van der Waals surface area contributed by atoms with E-state index in [1.54, 1.807) is 10.9 Å². The normalized spacial score (nSPS) is 12.7. The largest absolute Gasteiger partial charge is 0.330 e. The van der Waals surface area contributed by atoms with Crippen molar-refractivity contribution < 1.29 is 4.79 Å². The number of hydrogen-bond donors (Lipinski definition) is 1. The van der Waals surface area contributed by atoms with E-state index in [9.17, 15) is 4.79 Å². The topological polar surface area (TPSA) is 60.9 Å². The molecule has 0 aliphatic rings. The number of carbonyl (C=O) groups excluding carboxylic acids is 1. The van der Waals surface area contributed by atoms with Gasteiger partial charge in [-0.25, -0.2) is 0 Å². The van der Waals surface area contributed by atoms with Gasteiger partial charge in [0, 0.05) is 25.6 Å². The molecule has 2 N–H and O–H groups in total. The molecule has 1 aromatic heterocycles. The van der Waals surface area contributed by atoms with Crippen LogP contribution in [0.2, 0.25) is 0 Å². The third-order valence-corrected chi connectivity index (χ3v) is 2.53. The first kappa shape index (κ1) is 11.9. The molecule has 4 heteroatoms. The molecule has 1 atom stereocenters. The summed E-state index contributed by atoms with van der Waals surface area (Å²) in [5.74, 6) is 0.380. The van der Waals surface area contributed by atoms with Gasteiger partial charge in [-0.1, -0.05) is 6.92 Å². The average Bonchev–Trinajstić information content (AvgIpc) is 2.60. The van der Waals surface area contributed by atoms with E-state index in [2.05, 4.69) is 5.10 Å². The van der Waals surface area contributed by atoms with E-state index in [1.165, 1.54) is 0 Å². The van der Waals surface area contributed by atoms with Crippen molar-refractivity contribution in [3.05, 3.63) is 18.0 Å². The number of nitrogens with two attached hydrogens (primary N) is 1. The van der Waals surface area contributed by atoms with Crippen LogP contribution in [0.15, 0.2) is 12.4 Å². The molecule has 0 spiro atoms. The van der Waals surface area contributed by atoms with Crippen molar-refractivity contribution in [2.75, 3.05) is 6.54 Å². The number of aryl methyl sites for hydroxylation is 1. The van der Waals surface area contributed by atoms with E-state index in [0.717, 1.165) is 18.4 Å². The third-order valence-electron chi connectivity index (χ3n) is 2.53. The second-order valence-corrected chi connectivity index (χ2v) is 4.00.